The van der Waals surface area contributed by atoms with Crippen LogP contribution in [0.15, 0.2) is 4.99 Å². The standard InChI is InChI=1S/C24H36N6O3S/c1-23(2,3)15(11-28-22(34)26-6)21(33)30-12-16-17(24(16,4)5)18(30)20(32)29-14(10-25)9-13-7-8-27-19(13)31/h11,13-18H,7-9,12H2,1-6H3,(H,26,34)(H,27,31)(H,29,32)/b28-11+/t13-,14-,15?,16-,17?,18-/m0/s1. The van der Waals surface area contributed by atoms with Crippen molar-refractivity contribution in [2.75, 3.05) is 20.1 Å². The van der Waals surface area contributed by atoms with Gasteiger partial charge in [-0.15, -0.1) is 0 Å². The Balaban J connectivity index is 1.80. The molecule has 0 bridgehead atoms. The zero-order valence-electron chi connectivity index (χ0n) is 20.8. The number of piperidine rings is 1. The third-order valence-electron chi connectivity index (χ3n) is 7.67. The summed E-state index contributed by atoms with van der Waals surface area (Å²) in [6, 6.07) is 0.683. The second kappa shape index (κ2) is 9.61. The molecule has 0 aromatic rings. The van der Waals surface area contributed by atoms with E-state index in [1.807, 2.05) is 20.8 Å². The lowest BCUT2D eigenvalue weighted by Crippen LogP contribution is -2.54. The Morgan fingerprint density at radius 3 is 2.62 bits per heavy atom. The molecule has 3 N–H and O–H groups in total. The molecule has 0 aromatic heterocycles. The molecule has 0 aromatic carbocycles. The lowest BCUT2D eigenvalue weighted by Gasteiger charge is -2.36. The van der Waals surface area contributed by atoms with Gasteiger partial charge in [0, 0.05) is 32.3 Å². The molecule has 1 saturated carbocycles. The van der Waals surface area contributed by atoms with Crippen molar-refractivity contribution in [2.45, 2.75) is 59.5 Å². The lowest BCUT2D eigenvalue weighted by molar-refractivity contribution is -0.144. The van der Waals surface area contributed by atoms with Crippen LogP contribution in [0, 0.1) is 45.8 Å². The number of hydrogen-bond acceptors (Lipinski definition) is 5. The molecule has 10 heteroatoms. The van der Waals surface area contributed by atoms with E-state index in [9.17, 15) is 19.6 Å². The van der Waals surface area contributed by atoms with Crippen LogP contribution in [0.5, 0.6) is 0 Å². The van der Waals surface area contributed by atoms with Crippen LogP contribution >= 0.6 is 12.2 Å². The molecule has 6 atom stereocenters. The van der Waals surface area contributed by atoms with E-state index in [1.54, 1.807) is 18.2 Å². The van der Waals surface area contributed by atoms with Gasteiger partial charge in [0.15, 0.2) is 5.11 Å². The molecular weight excluding hydrogens is 452 g/mol. The number of carbonyl (C=O) groups excluding carboxylic acids is 3. The van der Waals surface area contributed by atoms with Gasteiger partial charge in [0.25, 0.3) is 0 Å². The average Bonchev–Trinajstić information content (AvgIpc) is 3.12. The van der Waals surface area contributed by atoms with Crippen molar-refractivity contribution in [2.24, 2.45) is 39.5 Å². The zero-order chi connectivity index (χ0) is 25.4. The molecule has 0 spiro atoms. The van der Waals surface area contributed by atoms with Crippen LogP contribution in [0.1, 0.15) is 47.5 Å². The molecule has 2 aliphatic heterocycles. The molecular formula is C24H36N6O3S. The summed E-state index contributed by atoms with van der Waals surface area (Å²) in [5.41, 5.74) is -0.483. The summed E-state index contributed by atoms with van der Waals surface area (Å²) in [6.07, 6.45) is 2.49. The first-order valence-electron chi connectivity index (χ1n) is 11.9. The number of aliphatic imine (C=N–C) groups is 1. The van der Waals surface area contributed by atoms with Crippen LogP contribution in [0.25, 0.3) is 0 Å². The maximum absolute atomic E-state index is 13.7. The summed E-state index contributed by atoms with van der Waals surface area (Å²) in [5, 5.41) is 18.3. The normalized spacial score (nSPS) is 29.1. The van der Waals surface area contributed by atoms with E-state index in [2.05, 4.69) is 40.9 Å². The van der Waals surface area contributed by atoms with Crippen LogP contribution in [0.4, 0.5) is 0 Å². The predicted molar refractivity (Wildman–Crippen MR) is 133 cm³/mol. The second-order valence-electron chi connectivity index (χ2n) is 11.3. The van der Waals surface area contributed by atoms with E-state index >= 15 is 0 Å². The topological polar surface area (TPSA) is 127 Å². The van der Waals surface area contributed by atoms with Crippen LogP contribution in [-0.2, 0) is 14.4 Å². The number of thiocarbonyl (C=S) groups is 1. The fraction of sp³-hybridized carbons (Fsp3) is 0.750. The number of hydrogen-bond donors (Lipinski definition) is 3. The number of nitriles is 1. The second-order valence-corrected chi connectivity index (χ2v) is 11.7. The van der Waals surface area contributed by atoms with E-state index in [0.717, 1.165) is 0 Å². The highest BCUT2D eigenvalue weighted by atomic mass is 32.1. The van der Waals surface area contributed by atoms with Gasteiger partial charge in [-0.2, -0.15) is 5.26 Å². The molecule has 0 radical (unpaired) electrons. The number of nitrogens with zero attached hydrogens (tertiary/aromatic N) is 3. The Kier molecular flexibility index (Phi) is 7.37. The van der Waals surface area contributed by atoms with Crippen molar-refractivity contribution in [1.29, 1.82) is 5.26 Å². The average molecular weight is 489 g/mol. The molecule has 3 rings (SSSR count). The first-order valence-corrected chi connectivity index (χ1v) is 12.3. The number of likely N-dealkylation sites (tertiary alicyclic amines) is 1. The third-order valence-corrected chi connectivity index (χ3v) is 7.98. The Labute approximate surface area is 207 Å². The summed E-state index contributed by atoms with van der Waals surface area (Å²) in [6.45, 7) is 11.2. The van der Waals surface area contributed by atoms with Crippen molar-refractivity contribution in [1.82, 2.24) is 20.9 Å². The van der Waals surface area contributed by atoms with Gasteiger partial charge in [0.05, 0.1) is 12.0 Å². The number of nitrogens with one attached hydrogen (secondary N) is 3. The fourth-order valence-corrected chi connectivity index (χ4v) is 5.47. The van der Waals surface area contributed by atoms with E-state index in [0.29, 0.717) is 19.5 Å². The first kappa shape index (κ1) is 26.1. The van der Waals surface area contributed by atoms with E-state index < -0.39 is 23.4 Å². The van der Waals surface area contributed by atoms with Gasteiger partial charge >= 0.3 is 0 Å². The SMILES string of the molecule is CNC(=S)/N=C/C(C(=O)N1C[C@H]2C([C@H]1C(=O)N[C@H](C#N)C[C@@H]1CCNC1=O)C2(C)C)C(C)(C)C. The highest BCUT2D eigenvalue weighted by molar-refractivity contribution is 7.80. The fourth-order valence-electron chi connectivity index (χ4n) is 5.41. The van der Waals surface area contributed by atoms with Crippen molar-refractivity contribution >= 4 is 41.3 Å². The molecule has 3 amide bonds. The molecule has 3 fully saturated rings. The van der Waals surface area contributed by atoms with Gasteiger partial charge < -0.3 is 20.9 Å². The smallest absolute Gasteiger partial charge is 0.244 e. The number of carbonyl (C=O) groups is 3. The molecule has 186 valence electrons. The minimum absolute atomic E-state index is 0.0292. The quantitative estimate of drug-likeness (QED) is 0.381. The van der Waals surface area contributed by atoms with Crippen LogP contribution in [0.3, 0.4) is 0 Å². The Bertz CT molecular complexity index is 934. The van der Waals surface area contributed by atoms with Crippen LogP contribution in [-0.4, -0.2) is 66.2 Å². The van der Waals surface area contributed by atoms with Gasteiger partial charge in [0.2, 0.25) is 17.7 Å². The summed E-state index contributed by atoms with van der Waals surface area (Å²) < 4.78 is 0. The third kappa shape index (κ3) is 5.09. The maximum atomic E-state index is 13.7. The van der Waals surface area contributed by atoms with Crippen molar-refractivity contribution in [3.63, 3.8) is 0 Å². The molecule has 9 nitrogen and oxygen atoms in total. The molecule has 2 heterocycles. The van der Waals surface area contributed by atoms with Crippen molar-refractivity contribution in [3.05, 3.63) is 0 Å². The minimum Gasteiger partial charge on any atom is -0.364 e. The minimum atomic E-state index is -0.785. The Hall–Kier alpha value is -2.54. The summed E-state index contributed by atoms with van der Waals surface area (Å²) in [5.74, 6) is -1.17. The lowest BCUT2D eigenvalue weighted by atomic mass is 9.80. The van der Waals surface area contributed by atoms with Crippen molar-refractivity contribution < 1.29 is 14.4 Å². The summed E-state index contributed by atoms with van der Waals surface area (Å²) in [7, 11) is 1.67. The zero-order valence-corrected chi connectivity index (χ0v) is 21.7. The summed E-state index contributed by atoms with van der Waals surface area (Å²) in [4.78, 5) is 45.0. The largest absolute Gasteiger partial charge is 0.364 e. The summed E-state index contributed by atoms with van der Waals surface area (Å²) >= 11 is 5.11. The van der Waals surface area contributed by atoms with Crippen LogP contribution < -0.4 is 16.0 Å². The molecule has 2 saturated heterocycles. The van der Waals surface area contributed by atoms with E-state index in [1.165, 1.54) is 0 Å². The highest BCUT2D eigenvalue weighted by Crippen LogP contribution is 2.65. The van der Waals surface area contributed by atoms with Crippen molar-refractivity contribution in [3.8, 4) is 6.07 Å². The van der Waals surface area contributed by atoms with Gasteiger partial charge in [-0.05, 0) is 47.7 Å². The highest BCUT2D eigenvalue weighted by Gasteiger charge is 2.69. The molecule has 34 heavy (non-hydrogen) atoms. The maximum Gasteiger partial charge on any atom is 0.244 e. The van der Waals surface area contributed by atoms with Gasteiger partial charge in [-0.25, -0.2) is 4.99 Å². The monoisotopic (exact) mass is 488 g/mol. The number of rotatable bonds is 6. The molecule has 3 aliphatic rings. The molecule has 2 unspecified atom stereocenters. The Morgan fingerprint density at radius 1 is 1.41 bits per heavy atom. The predicted octanol–water partition coefficient (Wildman–Crippen LogP) is 1.24. The van der Waals surface area contributed by atoms with Crippen LogP contribution in [0.2, 0.25) is 0 Å². The van der Waals surface area contributed by atoms with Gasteiger partial charge in [0.1, 0.15) is 12.1 Å². The van der Waals surface area contributed by atoms with Gasteiger partial charge in [-0.1, -0.05) is 34.6 Å². The number of fused-ring (bicyclic) bond motifs is 1. The molecule has 1 aliphatic carbocycles. The van der Waals surface area contributed by atoms with Gasteiger partial charge in [-0.3, -0.25) is 14.4 Å². The first-order chi connectivity index (χ1) is 15.8. The Morgan fingerprint density at radius 2 is 2.09 bits per heavy atom. The van der Waals surface area contributed by atoms with E-state index in [-0.39, 0.29) is 52.4 Å². The number of amides is 3. The van der Waals surface area contributed by atoms with E-state index in [4.69, 9.17) is 12.2 Å².